The molecule has 2 amide bonds. The zero-order valence-electron chi connectivity index (χ0n) is 15.2. The zero-order chi connectivity index (χ0) is 18.4. The highest BCUT2D eigenvalue weighted by molar-refractivity contribution is 5.89. The normalized spacial score (nSPS) is 12.5. The van der Waals surface area contributed by atoms with Gasteiger partial charge in [0.15, 0.2) is 5.82 Å². The number of aryl methyl sites for hydroxylation is 1. The topological polar surface area (TPSA) is 87.1 Å². The summed E-state index contributed by atoms with van der Waals surface area (Å²) in [4.78, 5) is 20.7. The van der Waals surface area contributed by atoms with Crippen LogP contribution < -0.4 is 10.6 Å². The lowest BCUT2D eigenvalue weighted by Gasteiger charge is -2.26. The molecule has 0 fully saturated rings. The van der Waals surface area contributed by atoms with Crippen molar-refractivity contribution in [2.24, 2.45) is 5.41 Å². The maximum Gasteiger partial charge on any atom is 0.319 e. The second-order valence-electron chi connectivity index (χ2n) is 7.12. The van der Waals surface area contributed by atoms with Crippen molar-refractivity contribution >= 4 is 11.7 Å². The maximum atomic E-state index is 12.0. The predicted molar refractivity (Wildman–Crippen MR) is 99.3 cm³/mol. The van der Waals surface area contributed by atoms with Crippen LogP contribution in [0.5, 0.6) is 0 Å². The number of hydrogen-bond donors (Lipinski definition) is 3. The van der Waals surface area contributed by atoms with Crippen molar-refractivity contribution in [2.75, 3.05) is 11.9 Å². The van der Waals surface area contributed by atoms with Crippen molar-refractivity contribution in [2.45, 2.75) is 40.2 Å². The van der Waals surface area contributed by atoms with Gasteiger partial charge < -0.3 is 15.7 Å². The van der Waals surface area contributed by atoms with E-state index in [9.17, 15) is 9.90 Å². The molecule has 1 aromatic heterocycles. The van der Waals surface area contributed by atoms with E-state index in [1.54, 1.807) is 13.1 Å². The summed E-state index contributed by atoms with van der Waals surface area (Å²) in [7, 11) is 0. The number of aromatic nitrogens is 2. The molecular weight excluding hydrogens is 316 g/mol. The summed E-state index contributed by atoms with van der Waals surface area (Å²) >= 11 is 0. The van der Waals surface area contributed by atoms with Gasteiger partial charge in [0.05, 0.1) is 6.10 Å². The minimum atomic E-state index is -0.392. The third-order valence-electron chi connectivity index (χ3n) is 3.77. The lowest BCUT2D eigenvalue weighted by Crippen LogP contribution is -2.38. The van der Waals surface area contributed by atoms with Gasteiger partial charge >= 0.3 is 6.03 Å². The van der Waals surface area contributed by atoms with Gasteiger partial charge in [-0.2, -0.15) is 0 Å². The van der Waals surface area contributed by atoms with Crippen molar-refractivity contribution < 1.29 is 9.90 Å². The molecule has 25 heavy (non-hydrogen) atoms. The Morgan fingerprint density at radius 2 is 1.92 bits per heavy atom. The summed E-state index contributed by atoms with van der Waals surface area (Å²) < 4.78 is 0. The molecule has 1 aromatic carbocycles. The molecule has 2 aromatic rings. The van der Waals surface area contributed by atoms with E-state index in [4.69, 9.17) is 0 Å². The molecule has 0 saturated carbocycles. The SMILES string of the molecule is Cc1ccnc(-c2ccc(NC(=O)NCC(C)(C)C[C@@H](C)O)cc2)n1. The number of urea groups is 1. The van der Waals surface area contributed by atoms with Crippen LogP contribution in [-0.4, -0.2) is 33.8 Å². The van der Waals surface area contributed by atoms with Crippen molar-refractivity contribution in [1.82, 2.24) is 15.3 Å². The fourth-order valence-corrected chi connectivity index (χ4v) is 2.66. The number of rotatable bonds is 6. The van der Waals surface area contributed by atoms with Crippen LogP contribution in [0.25, 0.3) is 11.4 Å². The Morgan fingerprint density at radius 1 is 1.24 bits per heavy atom. The van der Waals surface area contributed by atoms with Crippen molar-refractivity contribution in [3.63, 3.8) is 0 Å². The van der Waals surface area contributed by atoms with E-state index < -0.39 is 6.10 Å². The van der Waals surface area contributed by atoms with E-state index in [0.717, 1.165) is 11.3 Å². The Kier molecular flexibility index (Phi) is 6.09. The van der Waals surface area contributed by atoms with Crippen molar-refractivity contribution in [1.29, 1.82) is 0 Å². The Hall–Kier alpha value is -2.47. The second-order valence-corrected chi connectivity index (χ2v) is 7.12. The molecule has 0 saturated heterocycles. The van der Waals surface area contributed by atoms with E-state index in [0.29, 0.717) is 24.5 Å². The molecule has 0 aliphatic carbocycles. The number of anilines is 1. The Morgan fingerprint density at radius 3 is 2.52 bits per heavy atom. The van der Waals surface area contributed by atoms with Crippen LogP contribution >= 0.6 is 0 Å². The molecule has 6 nitrogen and oxygen atoms in total. The number of nitrogens with one attached hydrogen (secondary N) is 2. The molecule has 2 rings (SSSR count). The monoisotopic (exact) mass is 342 g/mol. The molecule has 134 valence electrons. The van der Waals surface area contributed by atoms with Gasteiger partial charge in [-0.3, -0.25) is 0 Å². The van der Waals surface area contributed by atoms with Crippen LogP contribution in [0.4, 0.5) is 10.5 Å². The molecule has 6 heteroatoms. The number of aliphatic hydroxyl groups excluding tert-OH is 1. The van der Waals surface area contributed by atoms with Crippen LogP contribution in [0.1, 0.15) is 32.9 Å². The van der Waals surface area contributed by atoms with Crippen LogP contribution in [0.15, 0.2) is 36.5 Å². The average molecular weight is 342 g/mol. The average Bonchev–Trinajstić information content (AvgIpc) is 2.53. The molecule has 0 radical (unpaired) electrons. The molecule has 0 unspecified atom stereocenters. The van der Waals surface area contributed by atoms with E-state index in [1.165, 1.54) is 0 Å². The first kappa shape index (κ1) is 18.9. The fourth-order valence-electron chi connectivity index (χ4n) is 2.66. The van der Waals surface area contributed by atoms with Gasteiger partial charge in [0, 0.05) is 29.7 Å². The number of nitrogens with zero attached hydrogens (tertiary/aromatic N) is 2. The van der Waals surface area contributed by atoms with E-state index in [1.807, 2.05) is 51.1 Å². The third-order valence-corrected chi connectivity index (χ3v) is 3.77. The highest BCUT2D eigenvalue weighted by Crippen LogP contribution is 2.21. The standard InChI is InChI=1S/C19H26N4O2/c1-13-9-10-20-17(22-13)15-5-7-16(8-6-15)23-18(25)21-12-19(3,4)11-14(2)24/h5-10,14,24H,11-12H2,1-4H3,(H2,21,23,25)/t14-/m1/s1. The van der Waals surface area contributed by atoms with Gasteiger partial charge in [0.25, 0.3) is 0 Å². The first-order valence-corrected chi connectivity index (χ1v) is 8.38. The summed E-state index contributed by atoms with van der Waals surface area (Å²) in [5, 5.41) is 15.1. The number of hydrogen-bond acceptors (Lipinski definition) is 4. The highest BCUT2D eigenvalue weighted by atomic mass is 16.3. The summed E-state index contributed by atoms with van der Waals surface area (Å²) in [6, 6.07) is 8.98. The van der Waals surface area contributed by atoms with Gasteiger partial charge in [-0.1, -0.05) is 13.8 Å². The predicted octanol–water partition coefficient (Wildman–Crippen LogP) is 3.37. The van der Waals surface area contributed by atoms with Gasteiger partial charge in [-0.15, -0.1) is 0 Å². The van der Waals surface area contributed by atoms with Gasteiger partial charge in [0.2, 0.25) is 0 Å². The van der Waals surface area contributed by atoms with Crippen LogP contribution in [0.3, 0.4) is 0 Å². The van der Waals surface area contributed by atoms with Crippen LogP contribution in [0.2, 0.25) is 0 Å². The fraction of sp³-hybridized carbons (Fsp3) is 0.421. The number of aliphatic hydroxyl groups is 1. The quantitative estimate of drug-likeness (QED) is 0.751. The molecular formula is C19H26N4O2. The summed E-state index contributed by atoms with van der Waals surface area (Å²) in [6.07, 6.45) is 1.96. The summed E-state index contributed by atoms with van der Waals surface area (Å²) in [6.45, 7) is 8.18. The third kappa shape index (κ3) is 6.15. The van der Waals surface area contributed by atoms with E-state index in [2.05, 4.69) is 20.6 Å². The number of amides is 2. The summed E-state index contributed by atoms with van der Waals surface area (Å²) in [5.41, 5.74) is 2.33. The zero-order valence-corrected chi connectivity index (χ0v) is 15.2. The number of carbonyl (C=O) groups is 1. The number of carbonyl (C=O) groups excluding carboxylic acids is 1. The molecule has 3 N–H and O–H groups in total. The minimum Gasteiger partial charge on any atom is -0.393 e. The molecule has 1 heterocycles. The molecule has 1 atom stereocenters. The molecule has 0 aliphatic rings. The van der Waals surface area contributed by atoms with Crippen LogP contribution in [-0.2, 0) is 0 Å². The minimum absolute atomic E-state index is 0.169. The molecule has 0 aliphatic heterocycles. The van der Waals surface area contributed by atoms with Crippen LogP contribution in [0, 0.1) is 12.3 Å². The van der Waals surface area contributed by atoms with E-state index >= 15 is 0 Å². The first-order valence-electron chi connectivity index (χ1n) is 8.38. The van der Waals surface area contributed by atoms with Gasteiger partial charge in [0.1, 0.15) is 0 Å². The lowest BCUT2D eigenvalue weighted by atomic mass is 9.87. The summed E-state index contributed by atoms with van der Waals surface area (Å²) in [5.74, 6) is 0.663. The van der Waals surface area contributed by atoms with Gasteiger partial charge in [-0.05, 0) is 56.0 Å². The Labute approximate surface area is 148 Å². The first-order chi connectivity index (χ1) is 11.7. The lowest BCUT2D eigenvalue weighted by molar-refractivity contribution is 0.129. The molecule has 0 spiro atoms. The maximum absolute atomic E-state index is 12.0. The largest absolute Gasteiger partial charge is 0.393 e. The second kappa shape index (κ2) is 8.07. The van der Waals surface area contributed by atoms with Gasteiger partial charge in [-0.25, -0.2) is 14.8 Å². The molecule has 0 bridgehead atoms. The Bertz CT molecular complexity index is 712. The smallest absolute Gasteiger partial charge is 0.319 e. The number of benzene rings is 1. The van der Waals surface area contributed by atoms with Crippen molar-refractivity contribution in [3.05, 3.63) is 42.2 Å². The highest BCUT2D eigenvalue weighted by Gasteiger charge is 2.21. The van der Waals surface area contributed by atoms with Crippen molar-refractivity contribution in [3.8, 4) is 11.4 Å². The Balaban J connectivity index is 1.91. The van der Waals surface area contributed by atoms with E-state index in [-0.39, 0.29) is 11.4 Å².